The lowest BCUT2D eigenvalue weighted by Crippen LogP contribution is -2.64. The highest BCUT2D eigenvalue weighted by molar-refractivity contribution is 5.96. The zero-order valence-corrected chi connectivity index (χ0v) is 35.4. The highest BCUT2D eigenvalue weighted by Crippen LogP contribution is 2.16. The van der Waals surface area contributed by atoms with E-state index in [0.29, 0.717) is 12.0 Å². The molecule has 0 bridgehead atoms. The van der Waals surface area contributed by atoms with Crippen LogP contribution in [0.25, 0.3) is 0 Å². The minimum atomic E-state index is -1.95. The van der Waals surface area contributed by atoms with Crippen LogP contribution in [0.2, 0.25) is 0 Å². The number of Topliss-reactive ketones (excluding diaryl/α,β-unsaturated/α-hetero) is 1. The molecule has 5 amide bonds. The first-order chi connectivity index (χ1) is 27.5. The number of hydrogen-bond donors (Lipinski definition) is 11. The first-order valence-corrected chi connectivity index (χ1v) is 19.9. The fraction of sp³-hybridized carbons (Fsp3) is 0.650. The summed E-state index contributed by atoms with van der Waals surface area (Å²) in [5.41, 5.74) is 10.2. The first-order valence-electron chi connectivity index (χ1n) is 19.9. The van der Waals surface area contributed by atoms with Crippen LogP contribution in [0.15, 0.2) is 30.3 Å². The van der Waals surface area contributed by atoms with Gasteiger partial charge in [-0.05, 0) is 43.6 Å². The van der Waals surface area contributed by atoms with Gasteiger partial charge in [-0.3, -0.25) is 28.8 Å². The van der Waals surface area contributed by atoms with E-state index in [1.807, 2.05) is 0 Å². The third kappa shape index (κ3) is 17.4. The predicted octanol–water partition coefficient (Wildman–Crippen LogP) is -1.07. The monoisotopic (exact) mass is 834 g/mol. The normalized spacial score (nSPS) is 16.5. The van der Waals surface area contributed by atoms with Gasteiger partial charge in [0.15, 0.2) is 11.3 Å². The molecule has 1 aromatic rings. The van der Waals surface area contributed by atoms with Crippen molar-refractivity contribution in [2.45, 2.75) is 135 Å². The lowest BCUT2D eigenvalue weighted by molar-refractivity contribution is -0.147. The van der Waals surface area contributed by atoms with Crippen molar-refractivity contribution in [2.75, 3.05) is 13.1 Å². The molecule has 0 fully saturated rings. The van der Waals surface area contributed by atoms with E-state index < -0.39 is 113 Å². The molecule has 0 spiro atoms. The molecule has 0 aliphatic carbocycles. The number of nitrogens with one attached hydrogen (secondary N) is 6. The molecule has 0 saturated heterocycles. The molecule has 0 saturated carbocycles. The van der Waals surface area contributed by atoms with Gasteiger partial charge in [0.1, 0.15) is 24.2 Å². The molecule has 0 aromatic heterocycles. The SMILES string of the molecule is CC[C@@H](C)[C@@H](NC(=O)CCNCC(Cc1ccccc1)(NC(=O)[C@@H](N)CC(=O)[C@H](C)N)C(=O)O)C(=O)N[C@@H](CC(C)C)C(=O)N[C@H](C(=O)N[C@H](C(=O)O)C(C)C)[C@@H](C)O. The Morgan fingerprint density at radius 2 is 1.32 bits per heavy atom. The van der Waals surface area contributed by atoms with Crippen LogP contribution >= 0.6 is 0 Å². The van der Waals surface area contributed by atoms with E-state index in [4.69, 9.17) is 11.5 Å². The standard InChI is InChI=1S/C40H66N8O11/c1-9-23(6)32(36(54)44-28(17-21(2)3)35(53)47-33(25(8)49)37(55)46-31(22(4)5)38(56)57)45-30(51)15-16-43-20-40(39(58)59,19-26-13-11-10-12-14-26)48-34(52)27(42)18-29(50)24(7)41/h10-14,21-25,27-28,31-33,43,49H,9,15-20,41-42H2,1-8H3,(H,44,54)(H,45,51)(H,46,55)(H,47,53)(H,48,52)(H,56,57)(H,58,59)/t23-,24+,25-,27+,28+,31+,32-,33+,40?/m1/s1. The molecule has 19 heteroatoms. The molecule has 0 heterocycles. The maximum Gasteiger partial charge on any atom is 0.331 e. The summed E-state index contributed by atoms with van der Waals surface area (Å²) in [5.74, 6) is -8.14. The fourth-order valence-electron chi connectivity index (χ4n) is 5.96. The van der Waals surface area contributed by atoms with Gasteiger partial charge in [-0.2, -0.15) is 0 Å². The molecule has 0 radical (unpaired) electrons. The van der Waals surface area contributed by atoms with E-state index >= 15 is 0 Å². The summed E-state index contributed by atoms with van der Waals surface area (Å²) in [6, 6.07) is 1.09. The van der Waals surface area contributed by atoms with E-state index in [9.17, 15) is 53.7 Å². The average molecular weight is 835 g/mol. The van der Waals surface area contributed by atoms with E-state index in [2.05, 4.69) is 31.9 Å². The van der Waals surface area contributed by atoms with Crippen molar-refractivity contribution in [1.29, 1.82) is 0 Å². The Hall–Kier alpha value is -4.98. The Balaban J connectivity index is 3.15. The Labute approximate surface area is 345 Å². The Bertz CT molecular complexity index is 1590. The molecule has 1 rings (SSSR count). The molecular weight excluding hydrogens is 768 g/mol. The molecule has 332 valence electrons. The quantitative estimate of drug-likeness (QED) is 0.0471. The van der Waals surface area contributed by atoms with Crippen LogP contribution in [-0.2, 0) is 44.8 Å². The molecule has 59 heavy (non-hydrogen) atoms. The Kier molecular flexibility index (Phi) is 21.9. The highest BCUT2D eigenvalue weighted by atomic mass is 16.4. The van der Waals surface area contributed by atoms with Crippen molar-refractivity contribution in [3.05, 3.63) is 35.9 Å². The molecule has 19 nitrogen and oxygen atoms in total. The maximum atomic E-state index is 13.7. The van der Waals surface area contributed by atoms with Crippen LogP contribution in [0, 0.1) is 17.8 Å². The van der Waals surface area contributed by atoms with Crippen molar-refractivity contribution in [3.63, 3.8) is 0 Å². The summed E-state index contributed by atoms with van der Waals surface area (Å²) in [6.07, 6.45) is -1.68. The first kappa shape index (κ1) is 52.0. The molecule has 0 aliphatic heterocycles. The van der Waals surface area contributed by atoms with Crippen LogP contribution < -0.4 is 43.4 Å². The number of benzene rings is 1. The Morgan fingerprint density at radius 1 is 0.746 bits per heavy atom. The van der Waals surface area contributed by atoms with Gasteiger partial charge in [0.25, 0.3) is 0 Å². The Morgan fingerprint density at radius 3 is 1.81 bits per heavy atom. The van der Waals surface area contributed by atoms with Crippen molar-refractivity contribution in [2.24, 2.45) is 29.2 Å². The smallest absolute Gasteiger partial charge is 0.331 e. The van der Waals surface area contributed by atoms with Crippen LogP contribution in [-0.4, -0.2) is 124 Å². The van der Waals surface area contributed by atoms with Gasteiger partial charge in [-0.1, -0.05) is 78.3 Å². The second kappa shape index (κ2) is 24.8. The lowest BCUT2D eigenvalue weighted by Gasteiger charge is -2.32. The highest BCUT2D eigenvalue weighted by Gasteiger charge is 2.41. The second-order valence-electron chi connectivity index (χ2n) is 15.9. The second-order valence-corrected chi connectivity index (χ2v) is 15.9. The third-order valence-electron chi connectivity index (χ3n) is 9.79. The average Bonchev–Trinajstić information content (AvgIpc) is 3.15. The number of amides is 5. The molecule has 13 N–H and O–H groups in total. The summed E-state index contributed by atoms with van der Waals surface area (Å²) in [5, 5.41) is 45.8. The van der Waals surface area contributed by atoms with Gasteiger partial charge in [0.05, 0.1) is 18.2 Å². The summed E-state index contributed by atoms with van der Waals surface area (Å²) in [6.45, 7) is 12.5. The van der Waals surface area contributed by atoms with Crippen LogP contribution in [0.5, 0.6) is 0 Å². The predicted molar refractivity (Wildman–Crippen MR) is 218 cm³/mol. The van der Waals surface area contributed by atoms with Crippen molar-refractivity contribution < 1.29 is 53.7 Å². The van der Waals surface area contributed by atoms with Crippen molar-refractivity contribution in [1.82, 2.24) is 31.9 Å². The zero-order chi connectivity index (χ0) is 45.2. The summed E-state index contributed by atoms with van der Waals surface area (Å²) >= 11 is 0. The minimum Gasteiger partial charge on any atom is -0.480 e. The number of aliphatic hydroxyl groups excluding tert-OH is 1. The zero-order valence-electron chi connectivity index (χ0n) is 35.4. The summed E-state index contributed by atoms with van der Waals surface area (Å²) < 4.78 is 0. The number of aliphatic hydroxyl groups is 1. The number of carboxylic acid groups (broad SMARTS) is 2. The van der Waals surface area contributed by atoms with E-state index in [0.717, 1.165) is 0 Å². The molecule has 9 atom stereocenters. The van der Waals surface area contributed by atoms with E-state index in [1.54, 1.807) is 71.9 Å². The van der Waals surface area contributed by atoms with Gasteiger partial charge in [0.2, 0.25) is 29.5 Å². The third-order valence-corrected chi connectivity index (χ3v) is 9.79. The van der Waals surface area contributed by atoms with Gasteiger partial charge >= 0.3 is 11.9 Å². The van der Waals surface area contributed by atoms with Crippen LogP contribution in [0.4, 0.5) is 0 Å². The molecule has 1 unspecified atom stereocenters. The number of ketones is 1. The topological polar surface area (TPSA) is 321 Å². The fourth-order valence-corrected chi connectivity index (χ4v) is 5.96. The molecule has 1 aromatic carbocycles. The number of aliphatic carboxylic acids is 2. The summed E-state index contributed by atoms with van der Waals surface area (Å²) in [4.78, 5) is 103. The van der Waals surface area contributed by atoms with Crippen LogP contribution in [0.1, 0.15) is 86.6 Å². The number of rotatable bonds is 27. The minimum absolute atomic E-state index is 0.0870. The molecule has 0 aliphatic rings. The maximum absolute atomic E-state index is 13.7. The van der Waals surface area contributed by atoms with Gasteiger partial charge < -0.3 is 58.7 Å². The van der Waals surface area contributed by atoms with Crippen molar-refractivity contribution in [3.8, 4) is 0 Å². The van der Waals surface area contributed by atoms with Crippen LogP contribution in [0.3, 0.4) is 0 Å². The van der Waals surface area contributed by atoms with E-state index in [-0.39, 0.29) is 38.3 Å². The number of carbonyl (C=O) groups is 8. The number of carbonyl (C=O) groups excluding carboxylic acids is 6. The summed E-state index contributed by atoms with van der Waals surface area (Å²) in [7, 11) is 0. The molecular formula is C40H66N8O11. The van der Waals surface area contributed by atoms with Gasteiger partial charge in [-0.15, -0.1) is 0 Å². The van der Waals surface area contributed by atoms with E-state index in [1.165, 1.54) is 13.8 Å². The number of nitrogens with two attached hydrogens (primary N) is 2. The largest absolute Gasteiger partial charge is 0.480 e. The van der Waals surface area contributed by atoms with Gasteiger partial charge in [0, 0.05) is 32.4 Å². The van der Waals surface area contributed by atoms with Gasteiger partial charge in [-0.25, -0.2) is 9.59 Å². The lowest BCUT2D eigenvalue weighted by atomic mass is 9.89. The van der Waals surface area contributed by atoms with Crippen molar-refractivity contribution >= 4 is 47.3 Å². The number of hydrogen-bond acceptors (Lipinski definition) is 12. The number of carboxylic acids is 2.